The van der Waals surface area contributed by atoms with Gasteiger partial charge in [0.05, 0.1) is 5.69 Å². The monoisotopic (exact) mass is 419 g/mol. The summed E-state index contributed by atoms with van der Waals surface area (Å²) in [5, 5.41) is 15.5. The Morgan fingerprint density at radius 2 is 1.96 bits per heavy atom. The number of nitrogens with zero attached hydrogens (tertiary/aromatic N) is 2. The van der Waals surface area contributed by atoms with Gasteiger partial charge in [0, 0.05) is 23.8 Å². The normalized spacial score (nSPS) is 14.9. The van der Waals surface area contributed by atoms with Crippen molar-refractivity contribution < 1.29 is 27.8 Å². The molecule has 10 heteroatoms. The van der Waals surface area contributed by atoms with Crippen LogP contribution in [0.4, 0.5) is 13.2 Å². The van der Waals surface area contributed by atoms with E-state index in [2.05, 4.69) is 10.4 Å². The fraction of sp³-hybridized carbons (Fsp3) is 0.444. The number of aliphatic carboxylic acids is 1. The highest BCUT2D eigenvalue weighted by Crippen LogP contribution is 2.36. The van der Waals surface area contributed by atoms with Gasteiger partial charge in [0.15, 0.2) is 0 Å². The summed E-state index contributed by atoms with van der Waals surface area (Å²) in [5.41, 5.74) is 3.10. The molecular weight excluding hydrogens is 399 g/mol. The van der Waals surface area contributed by atoms with Crippen molar-refractivity contribution in [1.82, 2.24) is 15.1 Å². The van der Waals surface area contributed by atoms with E-state index in [4.69, 9.17) is 26.2 Å². The molecule has 1 fully saturated rings. The van der Waals surface area contributed by atoms with Gasteiger partial charge in [-0.25, -0.2) is 4.79 Å². The van der Waals surface area contributed by atoms with E-state index in [1.54, 1.807) is 6.20 Å². The molecule has 1 saturated heterocycles. The van der Waals surface area contributed by atoms with Crippen LogP contribution in [0.25, 0.3) is 11.3 Å². The molecule has 2 heterocycles. The second-order valence-corrected chi connectivity index (χ2v) is 6.75. The largest absolute Gasteiger partial charge is 0.490 e. The van der Waals surface area contributed by atoms with E-state index >= 15 is 0 Å². The first kappa shape index (κ1) is 22.0. The Bertz CT molecular complexity index is 818. The van der Waals surface area contributed by atoms with Crippen LogP contribution in [-0.4, -0.2) is 46.2 Å². The van der Waals surface area contributed by atoms with E-state index in [0.29, 0.717) is 0 Å². The first-order valence-corrected chi connectivity index (χ1v) is 8.93. The topological polar surface area (TPSA) is 76.4 Å². The first-order chi connectivity index (χ1) is 13.1. The zero-order chi connectivity index (χ0) is 20.9. The maximum absolute atomic E-state index is 10.6. The molecule has 1 aromatic heterocycles. The highest BCUT2D eigenvalue weighted by molar-refractivity contribution is 6.31. The van der Waals surface area contributed by atoms with Crippen LogP contribution < -0.4 is 10.1 Å². The van der Waals surface area contributed by atoms with Crippen molar-refractivity contribution in [3.05, 3.63) is 35.0 Å². The number of nitrogens with one attached hydrogen (secondary N) is 1. The molecule has 0 unspecified atom stereocenters. The maximum atomic E-state index is 10.6. The third-order valence-corrected chi connectivity index (χ3v) is 4.37. The number of aryl methyl sites for hydroxylation is 2. The number of carbonyl (C=O) groups is 1. The Kier molecular flexibility index (Phi) is 7.31. The van der Waals surface area contributed by atoms with Gasteiger partial charge in [0.2, 0.25) is 0 Å². The summed E-state index contributed by atoms with van der Waals surface area (Å²) in [7, 11) is 1.93. The quantitative estimate of drug-likeness (QED) is 0.791. The third kappa shape index (κ3) is 5.87. The number of rotatable bonds is 3. The molecule has 0 spiro atoms. The van der Waals surface area contributed by atoms with Crippen LogP contribution in [0.15, 0.2) is 24.4 Å². The summed E-state index contributed by atoms with van der Waals surface area (Å²) >= 11 is 6.24. The standard InChI is InChI=1S/C16H20ClN3O.C2HF3O2/c1-11-9-12(17)10-14(15-5-8-19-20(15)2)16(11)21-13-3-6-18-7-4-13;3-2(4,5)1(6)7/h5,8-10,13,18H,3-4,6-7H2,1-2H3;(H,6,7). The Morgan fingerprint density at radius 3 is 2.46 bits per heavy atom. The fourth-order valence-corrected chi connectivity index (χ4v) is 3.07. The zero-order valence-corrected chi connectivity index (χ0v) is 16.1. The Labute approximate surface area is 165 Å². The van der Waals surface area contributed by atoms with Crippen molar-refractivity contribution in [2.24, 2.45) is 7.05 Å². The van der Waals surface area contributed by atoms with Crippen LogP contribution in [0.2, 0.25) is 5.02 Å². The summed E-state index contributed by atoms with van der Waals surface area (Å²) in [6.07, 6.45) is -0.960. The molecule has 1 aromatic carbocycles. The second kappa shape index (κ2) is 9.29. The van der Waals surface area contributed by atoms with Crippen LogP contribution >= 0.6 is 11.6 Å². The summed E-state index contributed by atoms with van der Waals surface area (Å²) in [6, 6.07) is 5.90. The van der Waals surface area contributed by atoms with Gasteiger partial charge in [-0.15, -0.1) is 0 Å². The average molecular weight is 420 g/mol. The average Bonchev–Trinajstić information content (AvgIpc) is 3.03. The van der Waals surface area contributed by atoms with Crippen LogP contribution in [0.5, 0.6) is 5.75 Å². The smallest absolute Gasteiger partial charge is 0.489 e. The van der Waals surface area contributed by atoms with Crippen LogP contribution in [0, 0.1) is 6.92 Å². The van der Waals surface area contributed by atoms with Crippen molar-refractivity contribution in [3.63, 3.8) is 0 Å². The molecule has 0 amide bonds. The summed E-state index contributed by atoms with van der Waals surface area (Å²) < 4.78 is 39.9. The number of benzene rings is 1. The van der Waals surface area contributed by atoms with Gasteiger partial charge in [0.25, 0.3) is 0 Å². The van der Waals surface area contributed by atoms with Crippen LogP contribution in [0.3, 0.4) is 0 Å². The molecule has 28 heavy (non-hydrogen) atoms. The molecule has 1 aliphatic rings. The van der Waals surface area contributed by atoms with E-state index in [1.165, 1.54) is 0 Å². The molecule has 0 bridgehead atoms. The molecule has 1 aliphatic heterocycles. The van der Waals surface area contributed by atoms with Crippen LogP contribution in [-0.2, 0) is 11.8 Å². The third-order valence-electron chi connectivity index (χ3n) is 4.15. The molecule has 3 rings (SSSR count). The van der Waals surface area contributed by atoms with Crippen molar-refractivity contribution in [2.45, 2.75) is 32.0 Å². The number of aromatic nitrogens is 2. The fourth-order valence-electron chi connectivity index (χ4n) is 2.79. The van der Waals surface area contributed by atoms with Crippen molar-refractivity contribution in [1.29, 1.82) is 0 Å². The number of piperidine rings is 1. The second-order valence-electron chi connectivity index (χ2n) is 6.31. The van der Waals surface area contributed by atoms with E-state index < -0.39 is 12.1 Å². The van der Waals surface area contributed by atoms with E-state index in [1.807, 2.05) is 36.9 Å². The van der Waals surface area contributed by atoms with Gasteiger partial charge in [-0.05, 0) is 56.6 Å². The number of alkyl halides is 3. The van der Waals surface area contributed by atoms with Gasteiger partial charge >= 0.3 is 12.1 Å². The van der Waals surface area contributed by atoms with Crippen LogP contribution in [0.1, 0.15) is 18.4 Å². The lowest BCUT2D eigenvalue weighted by atomic mass is 10.1. The molecular formula is C18H21ClF3N3O3. The SMILES string of the molecule is Cc1cc(Cl)cc(-c2ccnn2C)c1OC1CCNCC1.O=C(O)C(F)(F)F. The lowest BCUT2D eigenvalue weighted by Crippen LogP contribution is -2.34. The summed E-state index contributed by atoms with van der Waals surface area (Å²) in [5.74, 6) is -1.83. The van der Waals surface area contributed by atoms with Crippen molar-refractivity contribution >= 4 is 17.6 Å². The van der Waals surface area contributed by atoms with E-state index in [9.17, 15) is 13.2 Å². The number of halogens is 4. The van der Waals surface area contributed by atoms with Gasteiger partial charge < -0.3 is 15.2 Å². The minimum atomic E-state index is -5.08. The Hall–Kier alpha value is -2.26. The molecule has 6 nitrogen and oxygen atoms in total. The van der Waals surface area contributed by atoms with Crippen molar-refractivity contribution in [3.8, 4) is 17.0 Å². The van der Waals surface area contributed by atoms with Gasteiger partial charge in [-0.3, -0.25) is 4.68 Å². The summed E-state index contributed by atoms with van der Waals surface area (Å²) in [4.78, 5) is 8.90. The maximum Gasteiger partial charge on any atom is 0.490 e. The Morgan fingerprint density at radius 1 is 1.36 bits per heavy atom. The molecule has 2 aromatic rings. The highest BCUT2D eigenvalue weighted by Gasteiger charge is 2.38. The predicted molar refractivity (Wildman–Crippen MR) is 98.6 cm³/mol. The number of ether oxygens (including phenoxy) is 1. The van der Waals surface area contributed by atoms with Crippen molar-refractivity contribution in [2.75, 3.05) is 13.1 Å². The molecule has 0 aliphatic carbocycles. The number of hydrogen-bond donors (Lipinski definition) is 2. The molecule has 0 radical (unpaired) electrons. The minimum absolute atomic E-state index is 0.262. The zero-order valence-electron chi connectivity index (χ0n) is 15.4. The van der Waals surface area contributed by atoms with Gasteiger partial charge in [0.1, 0.15) is 11.9 Å². The lowest BCUT2D eigenvalue weighted by molar-refractivity contribution is -0.192. The predicted octanol–water partition coefficient (Wildman–Crippen LogP) is 3.81. The van der Waals surface area contributed by atoms with Gasteiger partial charge in [-0.2, -0.15) is 18.3 Å². The first-order valence-electron chi connectivity index (χ1n) is 8.55. The molecule has 154 valence electrons. The lowest BCUT2D eigenvalue weighted by Gasteiger charge is -2.26. The van der Waals surface area contributed by atoms with Gasteiger partial charge in [-0.1, -0.05) is 11.6 Å². The minimum Gasteiger partial charge on any atom is -0.489 e. The molecule has 0 atom stereocenters. The highest BCUT2D eigenvalue weighted by atomic mass is 35.5. The summed E-state index contributed by atoms with van der Waals surface area (Å²) in [6.45, 7) is 4.07. The Balaban J connectivity index is 0.000000345. The number of carboxylic acid groups (broad SMARTS) is 1. The molecule has 0 saturated carbocycles. The van der Waals surface area contributed by atoms with E-state index in [-0.39, 0.29) is 6.10 Å². The molecule has 2 N–H and O–H groups in total. The number of carboxylic acids is 1. The number of hydrogen-bond acceptors (Lipinski definition) is 4. The van der Waals surface area contributed by atoms with E-state index in [0.717, 1.165) is 53.5 Å².